The Labute approximate surface area is 138 Å². The van der Waals surface area contributed by atoms with Crippen molar-refractivity contribution in [2.75, 3.05) is 0 Å². The molecule has 0 saturated carbocycles. The lowest BCUT2D eigenvalue weighted by Crippen LogP contribution is -1.98. The molecule has 24 heavy (non-hydrogen) atoms. The minimum absolute atomic E-state index is 0.139. The zero-order valence-corrected chi connectivity index (χ0v) is 13.5. The zero-order chi connectivity index (χ0) is 16.9. The molecule has 0 atom stereocenters. The van der Waals surface area contributed by atoms with Gasteiger partial charge in [-0.2, -0.15) is 13.2 Å². The molecule has 1 heterocycles. The second kappa shape index (κ2) is 5.12. The van der Waals surface area contributed by atoms with Crippen LogP contribution in [0.1, 0.15) is 5.56 Å². The van der Waals surface area contributed by atoms with Crippen molar-refractivity contribution >= 4 is 31.9 Å². The average molecular weight is 339 g/mol. The van der Waals surface area contributed by atoms with E-state index in [-0.39, 0.29) is 4.90 Å². The van der Waals surface area contributed by atoms with Gasteiger partial charge in [0.2, 0.25) is 0 Å². The standard InChI is InChI=1S/C17H13N3O3S/c1-11-2-5-13(6-3-11)20-18-16-9-4-12-10-14(24(21,22)23)7-8-15(12)17(16)19-20/h2-10H,1H3,(H,21,22,23). The maximum atomic E-state index is 11.3. The van der Waals surface area contributed by atoms with Gasteiger partial charge < -0.3 is 0 Å². The summed E-state index contributed by atoms with van der Waals surface area (Å²) in [5.41, 5.74) is 3.39. The van der Waals surface area contributed by atoms with Crippen molar-refractivity contribution in [3.63, 3.8) is 0 Å². The number of nitrogens with zero attached hydrogens (tertiary/aromatic N) is 3. The fourth-order valence-electron chi connectivity index (χ4n) is 2.64. The Balaban J connectivity index is 1.93. The van der Waals surface area contributed by atoms with Crippen LogP contribution >= 0.6 is 0 Å². The van der Waals surface area contributed by atoms with Crippen molar-refractivity contribution in [2.24, 2.45) is 0 Å². The summed E-state index contributed by atoms with van der Waals surface area (Å²) >= 11 is 0. The minimum atomic E-state index is -4.23. The van der Waals surface area contributed by atoms with Crippen molar-refractivity contribution in [2.45, 2.75) is 11.8 Å². The summed E-state index contributed by atoms with van der Waals surface area (Å²) in [5.74, 6) is 0. The first-order chi connectivity index (χ1) is 11.4. The minimum Gasteiger partial charge on any atom is -0.282 e. The van der Waals surface area contributed by atoms with Gasteiger partial charge in [-0.1, -0.05) is 29.8 Å². The van der Waals surface area contributed by atoms with Gasteiger partial charge in [-0.3, -0.25) is 4.55 Å². The summed E-state index contributed by atoms with van der Waals surface area (Å²) in [6.07, 6.45) is 0. The fraction of sp³-hybridized carbons (Fsp3) is 0.0588. The molecule has 0 aliphatic rings. The smallest absolute Gasteiger partial charge is 0.282 e. The Kier molecular flexibility index (Phi) is 3.16. The molecular weight excluding hydrogens is 326 g/mol. The number of fused-ring (bicyclic) bond motifs is 3. The van der Waals surface area contributed by atoms with E-state index in [2.05, 4.69) is 10.2 Å². The largest absolute Gasteiger partial charge is 0.294 e. The van der Waals surface area contributed by atoms with Gasteiger partial charge in [0, 0.05) is 5.39 Å². The van der Waals surface area contributed by atoms with Crippen LogP contribution in [0.25, 0.3) is 27.5 Å². The predicted molar refractivity (Wildman–Crippen MR) is 90.9 cm³/mol. The quantitative estimate of drug-likeness (QED) is 0.567. The van der Waals surface area contributed by atoms with Crippen molar-refractivity contribution in [1.29, 1.82) is 0 Å². The Bertz CT molecular complexity index is 1180. The molecule has 0 amide bonds. The van der Waals surface area contributed by atoms with Gasteiger partial charge >= 0.3 is 0 Å². The molecule has 0 aliphatic heterocycles. The topological polar surface area (TPSA) is 85.1 Å². The van der Waals surface area contributed by atoms with Crippen LogP contribution < -0.4 is 0 Å². The number of benzene rings is 3. The molecule has 120 valence electrons. The number of aryl methyl sites for hydroxylation is 1. The van der Waals surface area contributed by atoms with Crippen LogP contribution in [0.2, 0.25) is 0 Å². The Morgan fingerprint density at radius 3 is 2.42 bits per heavy atom. The second-order valence-corrected chi connectivity index (χ2v) is 7.04. The van der Waals surface area contributed by atoms with Crippen molar-refractivity contribution in [3.8, 4) is 5.69 Å². The number of rotatable bonds is 2. The van der Waals surface area contributed by atoms with Crippen LogP contribution in [0.4, 0.5) is 0 Å². The highest BCUT2D eigenvalue weighted by Gasteiger charge is 2.13. The lowest BCUT2D eigenvalue weighted by atomic mass is 10.1. The van der Waals surface area contributed by atoms with Gasteiger partial charge in [-0.25, -0.2) is 0 Å². The summed E-state index contributed by atoms with van der Waals surface area (Å²) in [7, 11) is -4.23. The molecule has 1 N–H and O–H groups in total. The summed E-state index contributed by atoms with van der Waals surface area (Å²) in [6.45, 7) is 2.01. The van der Waals surface area contributed by atoms with E-state index < -0.39 is 10.1 Å². The van der Waals surface area contributed by atoms with Crippen LogP contribution in [0, 0.1) is 6.92 Å². The Morgan fingerprint density at radius 1 is 0.958 bits per heavy atom. The monoisotopic (exact) mass is 339 g/mol. The van der Waals surface area contributed by atoms with Gasteiger partial charge in [-0.05, 0) is 42.6 Å². The van der Waals surface area contributed by atoms with E-state index in [1.807, 2.05) is 31.2 Å². The van der Waals surface area contributed by atoms with Gasteiger partial charge in [0.25, 0.3) is 10.1 Å². The highest BCUT2D eigenvalue weighted by Crippen LogP contribution is 2.26. The lowest BCUT2D eigenvalue weighted by Gasteiger charge is -2.01. The van der Waals surface area contributed by atoms with Gasteiger partial charge in [0.05, 0.1) is 10.6 Å². The summed E-state index contributed by atoms with van der Waals surface area (Å²) in [5, 5.41) is 10.4. The summed E-state index contributed by atoms with van der Waals surface area (Å²) in [4.78, 5) is 1.42. The highest BCUT2D eigenvalue weighted by atomic mass is 32.2. The molecule has 0 radical (unpaired) electrons. The molecule has 0 spiro atoms. The van der Waals surface area contributed by atoms with Gasteiger partial charge in [-0.15, -0.1) is 10.2 Å². The molecular formula is C17H13N3O3S. The van der Waals surface area contributed by atoms with Crippen molar-refractivity contribution < 1.29 is 13.0 Å². The number of aromatic nitrogens is 3. The lowest BCUT2D eigenvalue weighted by molar-refractivity contribution is 0.483. The Morgan fingerprint density at radius 2 is 1.71 bits per heavy atom. The molecule has 0 bridgehead atoms. The van der Waals surface area contributed by atoms with Crippen LogP contribution in [0.15, 0.2) is 59.5 Å². The number of hydrogen-bond donors (Lipinski definition) is 1. The van der Waals surface area contributed by atoms with E-state index in [0.717, 1.165) is 16.6 Å². The van der Waals surface area contributed by atoms with E-state index in [4.69, 9.17) is 0 Å². The first kappa shape index (κ1) is 14.8. The third-order valence-electron chi connectivity index (χ3n) is 3.90. The zero-order valence-electron chi connectivity index (χ0n) is 12.7. The van der Waals surface area contributed by atoms with Gasteiger partial charge in [0.1, 0.15) is 11.0 Å². The average Bonchev–Trinajstić information content (AvgIpc) is 2.98. The SMILES string of the molecule is Cc1ccc(-n2nc3ccc4cc(S(=O)(=O)O)ccc4c3n2)cc1. The van der Waals surface area contributed by atoms with Crippen molar-refractivity contribution in [1.82, 2.24) is 15.0 Å². The number of hydrogen-bond acceptors (Lipinski definition) is 4. The van der Waals surface area contributed by atoms with Crippen LogP contribution in [-0.2, 0) is 10.1 Å². The summed E-state index contributed by atoms with van der Waals surface area (Å²) in [6, 6.07) is 15.8. The van der Waals surface area contributed by atoms with Crippen LogP contribution in [-0.4, -0.2) is 28.0 Å². The molecule has 6 nitrogen and oxygen atoms in total. The summed E-state index contributed by atoms with van der Waals surface area (Å²) < 4.78 is 31.7. The molecule has 3 aromatic carbocycles. The third kappa shape index (κ3) is 2.44. The van der Waals surface area contributed by atoms with E-state index >= 15 is 0 Å². The molecule has 0 unspecified atom stereocenters. The molecule has 4 rings (SSSR count). The molecule has 0 fully saturated rings. The van der Waals surface area contributed by atoms with Crippen LogP contribution in [0.5, 0.6) is 0 Å². The molecule has 4 aromatic rings. The molecule has 1 aromatic heterocycles. The van der Waals surface area contributed by atoms with E-state index in [9.17, 15) is 13.0 Å². The maximum absolute atomic E-state index is 11.3. The normalized spacial score (nSPS) is 12.1. The second-order valence-electron chi connectivity index (χ2n) is 5.62. The first-order valence-electron chi connectivity index (χ1n) is 7.26. The van der Waals surface area contributed by atoms with Gasteiger partial charge in [0.15, 0.2) is 0 Å². The van der Waals surface area contributed by atoms with Crippen LogP contribution in [0.3, 0.4) is 0 Å². The van der Waals surface area contributed by atoms with Crippen molar-refractivity contribution in [3.05, 3.63) is 60.2 Å². The molecule has 0 saturated heterocycles. The molecule has 7 heteroatoms. The highest BCUT2D eigenvalue weighted by molar-refractivity contribution is 7.85. The maximum Gasteiger partial charge on any atom is 0.294 e. The van der Waals surface area contributed by atoms with E-state index in [1.165, 1.54) is 12.1 Å². The fourth-order valence-corrected chi connectivity index (χ4v) is 3.15. The molecule has 0 aliphatic carbocycles. The van der Waals surface area contributed by atoms with E-state index in [0.29, 0.717) is 16.4 Å². The third-order valence-corrected chi connectivity index (χ3v) is 4.75. The Hall–Kier alpha value is -2.77. The van der Waals surface area contributed by atoms with E-state index in [1.54, 1.807) is 23.0 Å². The predicted octanol–water partition coefficient (Wildman–Crippen LogP) is 3.13. The first-order valence-corrected chi connectivity index (χ1v) is 8.70.